The van der Waals surface area contributed by atoms with Crippen molar-refractivity contribution >= 4 is 21.6 Å². The van der Waals surface area contributed by atoms with E-state index in [1.54, 1.807) is 6.92 Å². The lowest BCUT2D eigenvalue weighted by atomic mass is 9.53. The van der Waals surface area contributed by atoms with Crippen LogP contribution in [0.3, 0.4) is 0 Å². The normalized spacial score (nSPS) is 32.0. The number of amides is 1. The maximum Gasteiger partial charge on any atom is 0.312 e. The minimum atomic E-state index is -3.79. The molecule has 4 bridgehead atoms. The van der Waals surface area contributed by atoms with Gasteiger partial charge in [0.2, 0.25) is 10.0 Å². The van der Waals surface area contributed by atoms with Gasteiger partial charge >= 0.3 is 5.69 Å². The number of carbonyl (C=O) groups excluding carboxylic acids is 1. The maximum atomic E-state index is 13.0. The summed E-state index contributed by atoms with van der Waals surface area (Å²) in [4.78, 5) is 23.9. The summed E-state index contributed by atoms with van der Waals surface area (Å²) in [5.74, 6) is 1.66. The number of benzene rings is 1. The molecule has 33 heavy (non-hydrogen) atoms. The lowest BCUT2D eigenvalue weighted by Crippen LogP contribution is -2.61. The number of nitrogens with zero attached hydrogens (tertiary/aromatic N) is 2. The zero-order valence-corrected chi connectivity index (χ0v) is 19.7. The molecule has 10 heteroatoms. The molecule has 1 heterocycles. The highest BCUT2D eigenvalue weighted by Gasteiger charge is 2.51. The third kappa shape index (κ3) is 4.23. The van der Waals surface area contributed by atoms with Crippen LogP contribution in [0.15, 0.2) is 23.1 Å². The average Bonchev–Trinajstić information content (AvgIpc) is 3.28. The smallest absolute Gasteiger partial charge is 0.312 e. The Bertz CT molecular complexity index is 1030. The second-order valence-corrected chi connectivity index (χ2v) is 12.4. The molecule has 1 N–H and O–H groups in total. The fourth-order valence-electron chi connectivity index (χ4n) is 6.85. The van der Waals surface area contributed by atoms with E-state index in [1.165, 1.54) is 35.7 Å². The molecule has 9 nitrogen and oxygen atoms in total. The fraction of sp³-hybridized carbons (Fsp3) is 0.696. The summed E-state index contributed by atoms with van der Waals surface area (Å²) in [6.45, 7) is 2.40. The van der Waals surface area contributed by atoms with E-state index in [4.69, 9.17) is 4.74 Å². The van der Waals surface area contributed by atoms with Crippen LogP contribution in [0.25, 0.3) is 0 Å². The molecule has 5 fully saturated rings. The zero-order valence-electron chi connectivity index (χ0n) is 18.9. The van der Waals surface area contributed by atoms with Crippen LogP contribution in [-0.2, 0) is 14.8 Å². The Hall–Kier alpha value is -2.20. The highest BCUT2D eigenvalue weighted by atomic mass is 32.2. The molecule has 1 aromatic carbocycles. The summed E-state index contributed by atoms with van der Waals surface area (Å²) in [7, 11) is -3.79. The lowest BCUT2D eigenvalue weighted by molar-refractivity contribution is -0.386. The third-order valence-corrected chi connectivity index (χ3v) is 9.82. The molecule has 6 rings (SSSR count). The first-order chi connectivity index (χ1) is 15.6. The molecule has 0 spiro atoms. The molecular formula is C23H31N3O6S. The molecule has 1 amide bonds. The Morgan fingerprint density at radius 2 is 1.73 bits per heavy atom. The molecule has 180 valence electrons. The van der Waals surface area contributed by atoms with Crippen molar-refractivity contribution in [2.75, 3.05) is 13.1 Å². The van der Waals surface area contributed by atoms with Crippen molar-refractivity contribution in [3.05, 3.63) is 28.3 Å². The van der Waals surface area contributed by atoms with E-state index >= 15 is 0 Å². The van der Waals surface area contributed by atoms with Gasteiger partial charge in [-0.05, 0) is 88.2 Å². The number of hydrogen-bond donors (Lipinski definition) is 1. The lowest BCUT2D eigenvalue weighted by Gasteiger charge is -2.57. The van der Waals surface area contributed by atoms with Gasteiger partial charge in [-0.25, -0.2) is 8.42 Å². The van der Waals surface area contributed by atoms with E-state index in [0.29, 0.717) is 30.8 Å². The van der Waals surface area contributed by atoms with Gasteiger partial charge < -0.3 is 10.1 Å². The molecule has 5 aliphatic rings. The van der Waals surface area contributed by atoms with Gasteiger partial charge in [-0.3, -0.25) is 14.9 Å². The second kappa shape index (κ2) is 8.23. The maximum absolute atomic E-state index is 13.0. The van der Waals surface area contributed by atoms with Gasteiger partial charge in [0.15, 0.2) is 11.9 Å². The Kier molecular flexibility index (Phi) is 5.63. The highest BCUT2D eigenvalue weighted by Crippen LogP contribution is 2.55. The van der Waals surface area contributed by atoms with Gasteiger partial charge in [0.25, 0.3) is 5.91 Å². The van der Waals surface area contributed by atoms with Crippen LogP contribution in [0, 0.1) is 27.9 Å². The first-order valence-electron chi connectivity index (χ1n) is 11.9. The molecule has 1 aromatic rings. The van der Waals surface area contributed by atoms with E-state index in [2.05, 4.69) is 5.32 Å². The van der Waals surface area contributed by atoms with Crippen molar-refractivity contribution in [1.82, 2.24) is 9.62 Å². The SMILES string of the molecule is C[C@@H](Oc1ccc(S(=O)(=O)N2CCCC2)cc1[N+](=O)[O-])C(=O)NC12CC3CC(CC(C3)C1)C2. The van der Waals surface area contributed by atoms with Crippen molar-refractivity contribution in [2.45, 2.75) is 74.8 Å². The molecular weight excluding hydrogens is 446 g/mol. The highest BCUT2D eigenvalue weighted by molar-refractivity contribution is 7.89. The van der Waals surface area contributed by atoms with Gasteiger partial charge in [-0.15, -0.1) is 0 Å². The molecule has 1 saturated heterocycles. The average molecular weight is 478 g/mol. The molecule has 0 unspecified atom stereocenters. The molecule has 0 aromatic heterocycles. The number of carbonyl (C=O) groups is 1. The van der Waals surface area contributed by atoms with Gasteiger partial charge in [0, 0.05) is 24.7 Å². The number of rotatable bonds is 7. The molecule has 4 saturated carbocycles. The van der Waals surface area contributed by atoms with E-state index < -0.39 is 26.7 Å². The molecule has 1 aliphatic heterocycles. The monoisotopic (exact) mass is 477 g/mol. The number of sulfonamides is 1. The van der Waals surface area contributed by atoms with Crippen LogP contribution < -0.4 is 10.1 Å². The van der Waals surface area contributed by atoms with Crippen LogP contribution in [0.1, 0.15) is 58.3 Å². The van der Waals surface area contributed by atoms with Crippen LogP contribution in [0.2, 0.25) is 0 Å². The minimum absolute atomic E-state index is 0.103. The van der Waals surface area contributed by atoms with Crippen LogP contribution in [-0.4, -0.2) is 48.3 Å². The Balaban J connectivity index is 1.31. The van der Waals surface area contributed by atoms with Gasteiger partial charge in [-0.1, -0.05) is 0 Å². The quantitative estimate of drug-likeness (QED) is 0.476. The van der Waals surface area contributed by atoms with E-state index in [1.807, 2.05) is 0 Å². The number of nitro benzene ring substituents is 1. The van der Waals surface area contributed by atoms with Crippen molar-refractivity contribution in [3.63, 3.8) is 0 Å². The number of ether oxygens (including phenoxy) is 1. The second-order valence-electron chi connectivity index (χ2n) is 10.4. The fourth-order valence-corrected chi connectivity index (χ4v) is 8.39. The topological polar surface area (TPSA) is 119 Å². The Morgan fingerprint density at radius 3 is 2.27 bits per heavy atom. The summed E-state index contributed by atoms with van der Waals surface area (Å²) in [6.07, 6.45) is 7.41. The minimum Gasteiger partial charge on any atom is -0.474 e. The van der Waals surface area contributed by atoms with E-state index in [0.717, 1.165) is 38.2 Å². The molecule has 4 aliphatic carbocycles. The Morgan fingerprint density at radius 1 is 1.15 bits per heavy atom. The first-order valence-corrected chi connectivity index (χ1v) is 13.4. The largest absolute Gasteiger partial charge is 0.474 e. The van der Waals surface area contributed by atoms with Crippen LogP contribution in [0.4, 0.5) is 5.69 Å². The van der Waals surface area contributed by atoms with Crippen molar-refractivity contribution in [3.8, 4) is 5.75 Å². The number of nitro groups is 1. The summed E-state index contributed by atoms with van der Waals surface area (Å²) >= 11 is 0. The summed E-state index contributed by atoms with van der Waals surface area (Å²) in [5.41, 5.74) is -0.631. The third-order valence-electron chi connectivity index (χ3n) is 7.93. The van der Waals surface area contributed by atoms with E-state index in [9.17, 15) is 23.3 Å². The van der Waals surface area contributed by atoms with Crippen LogP contribution >= 0.6 is 0 Å². The van der Waals surface area contributed by atoms with Gasteiger partial charge in [0.05, 0.1) is 9.82 Å². The summed E-state index contributed by atoms with van der Waals surface area (Å²) in [5, 5.41) is 14.9. The summed E-state index contributed by atoms with van der Waals surface area (Å²) in [6, 6.07) is 3.64. The van der Waals surface area contributed by atoms with Crippen LogP contribution in [0.5, 0.6) is 5.75 Å². The van der Waals surface area contributed by atoms with Gasteiger partial charge in [0.1, 0.15) is 0 Å². The number of hydrogen-bond acceptors (Lipinski definition) is 6. The van der Waals surface area contributed by atoms with Crippen molar-refractivity contribution < 1.29 is 22.9 Å². The predicted octanol–water partition coefficient (Wildman–Crippen LogP) is 3.23. The van der Waals surface area contributed by atoms with Gasteiger partial charge in [-0.2, -0.15) is 4.31 Å². The van der Waals surface area contributed by atoms with E-state index in [-0.39, 0.29) is 22.1 Å². The standard InChI is InChI=1S/C23H31N3O6S/c1-15(22(27)24-23-12-16-8-17(13-23)10-18(9-16)14-23)32-21-5-4-19(11-20(21)26(28)29)33(30,31)25-6-2-3-7-25/h4-5,11,15-18H,2-3,6-10,12-14H2,1H3,(H,24,27)/t15-,16?,17?,18?,23?/m1/s1. The molecule has 1 atom stereocenters. The van der Waals surface area contributed by atoms with Crippen molar-refractivity contribution in [1.29, 1.82) is 0 Å². The molecule has 0 radical (unpaired) electrons. The zero-order chi connectivity index (χ0) is 23.4. The van der Waals surface area contributed by atoms with Crippen molar-refractivity contribution in [2.24, 2.45) is 17.8 Å². The first kappa shape index (κ1) is 22.6. The Labute approximate surface area is 194 Å². The predicted molar refractivity (Wildman–Crippen MR) is 120 cm³/mol. The summed E-state index contributed by atoms with van der Waals surface area (Å²) < 4.78 is 32.7. The number of nitrogens with one attached hydrogen (secondary N) is 1.